The average molecular weight is 299 g/mol. The molecule has 1 aliphatic heterocycles. The first kappa shape index (κ1) is 15.7. The quantitative estimate of drug-likeness (QED) is 0.842. The van der Waals surface area contributed by atoms with E-state index < -0.39 is 6.61 Å². The van der Waals surface area contributed by atoms with E-state index in [-0.39, 0.29) is 24.3 Å². The van der Waals surface area contributed by atoms with Crippen LogP contribution in [-0.4, -0.2) is 25.2 Å². The highest BCUT2D eigenvalue weighted by atomic mass is 19.3. The molecule has 0 saturated carbocycles. The summed E-state index contributed by atoms with van der Waals surface area (Å²) in [4.78, 5) is 11.8. The maximum Gasteiger partial charge on any atom is 0.387 e. The van der Waals surface area contributed by atoms with E-state index in [1.54, 1.807) is 18.2 Å². The van der Waals surface area contributed by atoms with Gasteiger partial charge in [0.25, 0.3) is 0 Å². The van der Waals surface area contributed by atoms with Gasteiger partial charge in [-0.25, -0.2) is 0 Å². The van der Waals surface area contributed by atoms with Crippen LogP contribution in [0.25, 0.3) is 0 Å². The second kappa shape index (κ2) is 7.93. The number of amides is 1. The fraction of sp³-hybridized carbons (Fsp3) is 0.533. The second-order valence-electron chi connectivity index (χ2n) is 4.94. The van der Waals surface area contributed by atoms with E-state index in [4.69, 9.17) is 4.74 Å². The monoisotopic (exact) mass is 299 g/mol. The number of nitrogens with one attached hydrogen (secondary N) is 1. The van der Waals surface area contributed by atoms with Gasteiger partial charge in [-0.3, -0.25) is 4.79 Å². The summed E-state index contributed by atoms with van der Waals surface area (Å²) in [5.74, 6) is -0.0238. The molecule has 1 heterocycles. The van der Waals surface area contributed by atoms with Crippen LogP contribution in [-0.2, 0) is 16.1 Å². The largest absolute Gasteiger partial charge is 0.434 e. The van der Waals surface area contributed by atoms with E-state index in [2.05, 4.69) is 10.1 Å². The van der Waals surface area contributed by atoms with Gasteiger partial charge in [-0.2, -0.15) is 8.78 Å². The van der Waals surface area contributed by atoms with Gasteiger partial charge < -0.3 is 14.8 Å². The lowest BCUT2D eigenvalue weighted by molar-refractivity contribution is -0.121. The molecule has 0 spiro atoms. The number of para-hydroxylation sites is 1. The number of carbonyl (C=O) groups excluding carboxylic acids is 1. The number of halogens is 2. The zero-order chi connectivity index (χ0) is 15.1. The highest BCUT2D eigenvalue weighted by molar-refractivity contribution is 5.75. The molecule has 1 saturated heterocycles. The molecule has 116 valence electrons. The van der Waals surface area contributed by atoms with Crippen molar-refractivity contribution in [3.05, 3.63) is 29.8 Å². The molecule has 0 aliphatic carbocycles. The SMILES string of the molecule is O=C(CCC1CCCO1)NCc1ccccc1OC(F)F. The molecule has 1 unspecified atom stereocenters. The van der Waals surface area contributed by atoms with Crippen LogP contribution in [0.4, 0.5) is 8.78 Å². The molecule has 1 amide bonds. The van der Waals surface area contributed by atoms with Gasteiger partial charge in [0, 0.05) is 25.1 Å². The van der Waals surface area contributed by atoms with Crippen molar-refractivity contribution in [2.24, 2.45) is 0 Å². The Labute approximate surface area is 122 Å². The van der Waals surface area contributed by atoms with Crippen molar-refractivity contribution in [3.8, 4) is 5.75 Å². The van der Waals surface area contributed by atoms with Crippen LogP contribution in [0.5, 0.6) is 5.75 Å². The molecule has 0 aromatic heterocycles. The molecule has 1 aromatic carbocycles. The predicted molar refractivity (Wildman–Crippen MR) is 73.1 cm³/mol. The van der Waals surface area contributed by atoms with Crippen molar-refractivity contribution in [1.29, 1.82) is 0 Å². The van der Waals surface area contributed by atoms with Crippen molar-refractivity contribution in [2.45, 2.75) is 44.9 Å². The molecule has 1 N–H and O–H groups in total. The zero-order valence-electron chi connectivity index (χ0n) is 11.7. The first-order valence-corrected chi connectivity index (χ1v) is 7.06. The predicted octanol–water partition coefficient (Wildman–Crippen LogP) is 2.86. The number of hydrogen-bond acceptors (Lipinski definition) is 3. The molecule has 1 aromatic rings. The van der Waals surface area contributed by atoms with Crippen molar-refractivity contribution in [3.63, 3.8) is 0 Å². The first-order chi connectivity index (χ1) is 10.1. The van der Waals surface area contributed by atoms with Gasteiger partial charge in [-0.1, -0.05) is 18.2 Å². The Morgan fingerprint density at radius 1 is 1.43 bits per heavy atom. The fourth-order valence-electron chi connectivity index (χ4n) is 2.31. The normalized spacial score (nSPS) is 18.0. The Balaban J connectivity index is 1.77. The topological polar surface area (TPSA) is 47.6 Å². The lowest BCUT2D eigenvalue weighted by atomic mass is 10.1. The lowest BCUT2D eigenvalue weighted by Gasteiger charge is -2.12. The highest BCUT2D eigenvalue weighted by Crippen LogP contribution is 2.20. The van der Waals surface area contributed by atoms with Crippen molar-refractivity contribution in [1.82, 2.24) is 5.32 Å². The number of rotatable bonds is 7. The van der Waals surface area contributed by atoms with Crippen molar-refractivity contribution in [2.75, 3.05) is 6.61 Å². The maximum absolute atomic E-state index is 12.3. The highest BCUT2D eigenvalue weighted by Gasteiger charge is 2.17. The summed E-state index contributed by atoms with van der Waals surface area (Å²) in [6, 6.07) is 6.44. The molecule has 21 heavy (non-hydrogen) atoms. The molecule has 0 bridgehead atoms. The molecule has 1 aliphatic rings. The van der Waals surface area contributed by atoms with Crippen LogP contribution in [0.1, 0.15) is 31.2 Å². The molecule has 2 rings (SSSR count). The minimum Gasteiger partial charge on any atom is -0.434 e. The van der Waals surface area contributed by atoms with Gasteiger partial charge in [0.1, 0.15) is 5.75 Å². The Morgan fingerprint density at radius 2 is 2.24 bits per heavy atom. The van der Waals surface area contributed by atoms with Crippen LogP contribution in [0, 0.1) is 0 Å². The van der Waals surface area contributed by atoms with E-state index in [0.29, 0.717) is 18.4 Å². The van der Waals surface area contributed by atoms with Gasteiger partial charge in [0.05, 0.1) is 6.10 Å². The third-order valence-corrected chi connectivity index (χ3v) is 3.38. The van der Waals surface area contributed by atoms with Crippen LogP contribution in [0.2, 0.25) is 0 Å². The van der Waals surface area contributed by atoms with E-state index in [0.717, 1.165) is 19.4 Å². The van der Waals surface area contributed by atoms with Crippen LogP contribution in [0.3, 0.4) is 0 Å². The Kier molecular flexibility index (Phi) is 5.92. The van der Waals surface area contributed by atoms with Crippen LogP contribution >= 0.6 is 0 Å². The molecular weight excluding hydrogens is 280 g/mol. The molecule has 0 radical (unpaired) electrons. The van der Waals surface area contributed by atoms with E-state index in [9.17, 15) is 13.6 Å². The minimum atomic E-state index is -2.87. The first-order valence-electron chi connectivity index (χ1n) is 7.06. The van der Waals surface area contributed by atoms with E-state index >= 15 is 0 Å². The summed E-state index contributed by atoms with van der Waals surface area (Å²) < 4.78 is 34.4. The van der Waals surface area contributed by atoms with Gasteiger partial charge in [0.2, 0.25) is 5.91 Å². The third-order valence-electron chi connectivity index (χ3n) is 3.38. The fourth-order valence-corrected chi connectivity index (χ4v) is 2.31. The summed E-state index contributed by atoms with van der Waals surface area (Å²) >= 11 is 0. The molecule has 1 atom stereocenters. The minimum absolute atomic E-state index is 0.0897. The summed E-state index contributed by atoms with van der Waals surface area (Å²) in [5.41, 5.74) is 0.531. The van der Waals surface area contributed by atoms with Gasteiger partial charge in [0.15, 0.2) is 0 Å². The van der Waals surface area contributed by atoms with Gasteiger partial charge in [-0.05, 0) is 25.3 Å². The summed E-state index contributed by atoms with van der Waals surface area (Å²) in [5, 5.41) is 2.72. The Morgan fingerprint density at radius 3 is 2.95 bits per heavy atom. The number of alkyl halides is 2. The maximum atomic E-state index is 12.3. The van der Waals surface area contributed by atoms with E-state index in [1.807, 2.05) is 0 Å². The van der Waals surface area contributed by atoms with Crippen molar-refractivity contribution < 1.29 is 23.0 Å². The van der Waals surface area contributed by atoms with Gasteiger partial charge in [-0.15, -0.1) is 0 Å². The zero-order valence-corrected chi connectivity index (χ0v) is 11.7. The number of carbonyl (C=O) groups is 1. The number of benzene rings is 1. The summed E-state index contributed by atoms with van der Waals surface area (Å²) in [6.07, 6.45) is 3.29. The molecule has 4 nitrogen and oxygen atoms in total. The summed E-state index contributed by atoms with van der Waals surface area (Å²) in [6.45, 7) is -1.93. The molecule has 6 heteroatoms. The second-order valence-corrected chi connectivity index (χ2v) is 4.94. The standard InChI is InChI=1S/C15H19F2NO3/c16-15(17)21-13-6-2-1-4-11(13)10-18-14(19)8-7-12-5-3-9-20-12/h1-2,4,6,12,15H,3,5,7-10H2,(H,18,19). The third kappa shape index (κ3) is 5.30. The van der Waals surface area contributed by atoms with E-state index in [1.165, 1.54) is 6.07 Å². The van der Waals surface area contributed by atoms with Crippen molar-refractivity contribution >= 4 is 5.91 Å². The summed E-state index contributed by atoms with van der Waals surface area (Å²) in [7, 11) is 0. The van der Waals surface area contributed by atoms with Crippen LogP contribution in [0.15, 0.2) is 24.3 Å². The lowest BCUT2D eigenvalue weighted by Crippen LogP contribution is -2.24. The Hall–Kier alpha value is -1.69. The molecular formula is C15H19F2NO3. The average Bonchev–Trinajstić information content (AvgIpc) is 2.97. The Bertz CT molecular complexity index is 462. The number of ether oxygens (including phenoxy) is 2. The van der Waals surface area contributed by atoms with Gasteiger partial charge >= 0.3 is 6.61 Å². The number of hydrogen-bond donors (Lipinski definition) is 1. The van der Waals surface area contributed by atoms with Crippen LogP contribution < -0.4 is 10.1 Å². The smallest absolute Gasteiger partial charge is 0.387 e. The molecule has 1 fully saturated rings.